The molecule has 92 valence electrons. The molecule has 0 saturated carbocycles. The highest BCUT2D eigenvalue weighted by Gasteiger charge is 2.10. The van der Waals surface area contributed by atoms with Gasteiger partial charge in [-0.25, -0.2) is 0 Å². The Bertz CT molecular complexity index is 413. The number of carbonyl (C=O) groups excluding carboxylic acids is 2. The van der Waals surface area contributed by atoms with Crippen LogP contribution in [-0.4, -0.2) is 17.9 Å². The largest absolute Gasteiger partial charge is 0.426 e. The van der Waals surface area contributed by atoms with Gasteiger partial charge in [0.2, 0.25) is 5.91 Å². The van der Waals surface area contributed by atoms with Gasteiger partial charge in [0, 0.05) is 18.5 Å². The standard InChI is InChI=1S/C13H17NO3/c1-9(2)14-13(16)8-11-6-4-5-7-12(11)17-10(3)15/h4-7,9H,8H2,1-3H3,(H,14,16). The van der Waals surface area contributed by atoms with Gasteiger partial charge in [0.15, 0.2) is 0 Å². The lowest BCUT2D eigenvalue weighted by Crippen LogP contribution is -2.31. The van der Waals surface area contributed by atoms with Crippen LogP contribution in [0.5, 0.6) is 5.75 Å². The molecule has 1 aromatic carbocycles. The minimum atomic E-state index is -0.387. The average molecular weight is 235 g/mol. The van der Waals surface area contributed by atoms with E-state index in [2.05, 4.69) is 5.32 Å². The summed E-state index contributed by atoms with van der Waals surface area (Å²) < 4.78 is 5.03. The maximum Gasteiger partial charge on any atom is 0.308 e. The van der Waals surface area contributed by atoms with Gasteiger partial charge in [-0.3, -0.25) is 9.59 Å². The van der Waals surface area contributed by atoms with Crippen molar-refractivity contribution in [3.63, 3.8) is 0 Å². The third-order valence-electron chi connectivity index (χ3n) is 2.03. The summed E-state index contributed by atoms with van der Waals surface area (Å²) in [6.45, 7) is 5.14. The molecule has 0 heterocycles. The maximum absolute atomic E-state index is 11.6. The van der Waals surface area contributed by atoms with Gasteiger partial charge in [0.05, 0.1) is 6.42 Å². The highest BCUT2D eigenvalue weighted by Crippen LogP contribution is 2.18. The molecule has 0 aromatic heterocycles. The lowest BCUT2D eigenvalue weighted by Gasteiger charge is -2.11. The molecular formula is C13H17NO3. The second-order valence-corrected chi connectivity index (χ2v) is 4.10. The molecule has 1 rings (SSSR count). The molecule has 0 radical (unpaired) electrons. The summed E-state index contributed by atoms with van der Waals surface area (Å²) in [5.41, 5.74) is 0.709. The Morgan fingerprint density at radius 1 is 1.29 bits per heavy atom. The molecule has 1 amide bonds. The summed E-state index contributed by atoms with van der Waals surface area (Å²) in [6.07, 6.45) is 0.210. The molecule has 0 saturated heterocycles. The van der Waals surface area contributed by atoms with E-state index < -0.39 is 0 Å². The number of hydrogen-bond donors (Lipinski definition) is 1. The Kier molecular flexibility index (Phi) is 4.69. The van der Waals surface area contributed by atoms with Crippen molar-refractivity contribution < 1.29 is 14.3 Å². The van der Waals surface area contributed by atoms with Crippen molar-refractivity contribution >= 4 is 11.9 Å². The Morgan fingerprint density at radius 3 is 2.53 bits per heavy atom. The van der Waals surface area contributed by atoms with Crippen molar-refractivity contribution in [2.75, 3.05) is 0 Å². The highest BCUT2D eigenvalue weighted by molar-refractivity contribution is 5.80. The number of para-hydroxylation sites is 1. The van der Waals surface area contributed by atoms with Crippen molar-refractivity contribution in [1.82, 2.24) is 5.32 Å². The number of rotatable bonds is 4. The molecular weight excluding hydrogens is 218 g/mol. The molecule has 1 aromatic rings. The van der Waals surface area contributed by atoms with Gasteiger partial charge in [-0.2, -0.15) is 0 Å². The van der Waals surface area contributed by atoms with Crippen molar-refractivity contribution in [2.45, 2.75) is 33.2 Å². The van der Waals surface area contributed by atoms with E-state index in [0.717, 1.165) is 0 Å². The zero-order chi connectivity index (χ0) is 12.8. The van der Waals surface area contributed by atoms with Crippen LogP contribution < -0.4 is 10.1 Å². The third kappa shape index (κ3) is 4.68. The summed E-state index contributed by atoms with van der Waals surface area (Å²) >= 11 is 0. The molecule has 4 heteroatoms. The number of esters is 1. The lowest BCUT2D eigenvalue weighted by molar-refractivity contribution is -0.132. The van der Waals surface area contributed by atoms with E-state index in [0.29, 0.717) is 11.3 Å². The zero-order valence-electron chi connectivity index (χ0n) is 10.3. The Labute approximate surface area is 101 Å². The molecule has 4 nitrogen and oxygen atoms in total. The summed E-state index contributed by atoms with van der Waals surface area (Å²) in [5, 5.41) is 2.79. The fraction of sp³-hybridized carbons (Fsp3) is 0.385. The van der Waals surface area contributed by atoms with Crippen LogP contribution in [0.2, 0.25) is 0 Å². The molecule has 0 aliphatic rings. The quantitative estimate of drug-likeness (QED) is 0.638. The first kappa shape index (κ1) is 13.2. The maximum atomic E-state index is 11.6. The molecule has 0 aliphatic carbocycles. The predicted molar refractivity (Wildman–Crippen MR) is 64.7 cm³/mol. The molecule has 17 heavy (non-hydrogen) atoms. The van der Waals surface area contributed by atoms with Crippen molar-refractivity contribution in [1.29, 1.82) is 0 Å². The van der Waals surface area contributed by atoms with Crippen LogP contribution in [0.1, 0.15) is 26.3 Å². The SMILES string of the molecule is CC(=O)Oc1ccccc1CC(=O)NC(C)C. The van der Waals surface area contributed by atoms with Gasteiger partial charge < -0.3 is 10.1 Å². The number of carbonyl (C=O) groups is 2. The van der Waals surface area contributed by atoms with Crippen molar-refractivity contribution in [3.05, 3.63) is 29.8 Å². The van der Waals surface area contributed by atoms with Crippen LogP contribution in [0.15, 0.2) is 24.3 Å². The van der Waals surface area contributed by atoms with Crippen LogP contribution in [0, 0.1) is 0 Å². The first-order chi connectivity index (χ1) is 7.99. The van der Waals surface area contributed by atoms with Gasteiger partial charge in [-0.1, -0.05) is 18.2 Å². The van der Waals surface area contributed by atoms with Crippen LogP contribution in [0.3, 0.4) is 0 Å². The van der Waals surface area contributed by atoms with E-state index in [1.54, 1.807) is 18.2 Å². The molecule has 0 spiro atoms. The summed E-state index contributed by atoms with van der Waals surface area (Å²) in [7, 11) is 0. The minimum Gasteiger partial charge on any atom is -0.426 e. The van der Waals surface area contributed by atoms with Gasteiger partial charge >= 0.3 is 5.97 Å². The second kappa shape index (κ2) is 6.03. The smallest absolute Gasteiger partial charge is 0.308 e. The predicted octanol–water partition coefficient (Wildman–Crippen LogP) is 1.68. The van der Waals surface area contributed by atoms with Crippen LogP contribution >= 0.6 is 0 Å². The van der Waals surface area contributed by atoms with Crippen molar-refractivity contribution in [3.8, 4) is 5.75 Å². The number of benzene rings is 1. The summed E-state index contributed by atoms with van der Waals surface area (Å²) in [6, 6.07) is 7.13. The highest BCUT2D eigenvalue weighted by atomic mass is 16.5. The Morgan fingerprint density at radius 2 is 1.94 bits per heavy atom. The Balaban J connectivity index is 2.76. The van der Waals surface area contributed by atoms with Gasteiger partial charge in [-0.05, 0) is 19.9 Å². The fourth-order valence-electron chi connectivity index (χ4n) is 1.45. The van der Waals surface area contributed by atoms with E-state index in [4.69, 9.17) is 4.74 Å². The second-order valence-electron chi connectivity index (χ2n) is 4.10. The average Bonchev–Trinajstić information content (AvgIpc) is 2.18. The number of hydrogen-bond acceptors (Lipinski definition) is 3. The summed E-state index contributed by atoms with van der Waals surface area (Å²) in [5.74, 6) is -0.0276. The summed E-state index contributed by atoms with van der Waals surface area (Å²) in [4.78, 5) is 22.5. The van der Waals surface area contributed by atoms with E-state index >= 15 is 0 Å². The van der Waals surface area contributed by atoms with Gasteiger partial charge in [0.25, 0.3) is 0 Å². The monoisotopic (exact) mass is 235 g/mol. The third-order valence-corrected chi connectivity index (χ3v) is 2.03. The normalized spacial score (nSPS) is 10.1. The van der Waals surface area contributed by atoms with E-state index in [1.807, 2.05) is 19.9 Å². The number of amides is 1. The molecule has 0 unspecified atom stereocenters. The fourth-order valence-corrected chi connectivity index (χ4v) is 1.45. The molecule has 1 N–H and O–H groups in total. The van der Waals surface area contributed by atoms with E-state index in [9.17, 15) is 9.59 Å². The molecule has 0 atom stereocenters. The van der Waals surface area contributed by atoms with Gasteiger partial charge in [-0.15, -0.1) is 0 Å². The van der Waals surface area contributed by atoms with Crippen LogP contribution in [-0.2, 0) is 16.0 Å². The van der Waals surface area contributed by atoms with Crippen LogP contribution in [0.4, 0.5) is 0 Å². The van der Waals surface area contributed by atoms with E-state index in [1.165, 1.54) is 6.92 Å². The van der Waals surface area contributed by atoms with Crippen molar-refractivity contribution in [2.24, 2.45) is 0 Å². The minimum absolute atomic E-state index is 0.0837. The molecule has 0 aliphatic heterocycles. The van der Waals surface area contributed by atoms with E-state index in [-0.39, 0.29) is 24.3 Å². The number of nitrogens with one attached hydrogen (secondary N) is 1. The number of ether oxygens (including phenoxy) is 1. The first-order valence-electron chi connectivity index (χ1n) is 5.54. The lowest BCUT2D eigenvalue weighted by atomic mass is 10.1. The topological polar surface area (TPSA) is 55.4 Å². The van der Waals surface area contributed by atoms with Gasteiger partial charge in [0.1, 0.15) is 5.75 Å². The first-order valence-corrected chi connectivity index (χ1v) is 5.54. The molecule has 0 fully saturated rings. The molecule has 0 bridgehead atoms. The van der Waals surface area contributed by atoms with Crippen LogP contribution in [0.25, 0.3) is 0 Å². The Hall–Kier alpha value is -1.84. The zero-order valence-corrected chi connectivity index (χ0v) is 10.3.